The van der Waals surface area contributed by atoms with Crippen molar-refractivity contribution in [1.82, 2.24) is 0 Å². The maximum Gasteiger partial charge on any atom is 0.0158 e. The molecule has 162 valence electrons. The largest absolute Gasteiger partial charge is 0.0616 e. The molecule has 0 nitrogen and oxygen atoms in total. The summed E-state index contributed by atoms with van der Waals surface area (Å²) in [5, 5.41) is 7.93. The van der Waals surface area contributed by atoms with E-state index in [0.29, 0.717) is 0 Å². The van der Waals surface area contributed by atoms with Crippen LogP contribution in [-0.4, -0.2) is 0 Å². The molecule has 6 aromatic rings. The lowest BCUT2D eigenvalue weighted by molar-refractivity contribution is 0.660. The fourth-order valence-electron chi connectivity index (χ4n) is 6.15. The minimum Gasteiger partial charge on any atom is -0.0616 e. The van der Waals surface area contributed by atoms with Gasteiger partial charge in [0.1, 0.15) is 0 Å². The first kappa shape index (κ1) is 19.6. The summed E-state index contributed by atoms with van der Waals surface area (Å²) in [6.07, 6.45) is 0. The molecule has 0 bridgehead atoms. The Balaban J connectivity index is 1.49. The molecule has 34 heavy (non-hydrogen) atoms. The van der Waals surface area contributed by atoms with E-state index in [1.165, 1.54) is 71.3 Å². The van der Waals surface area contributed by atoms with Crippen LogP contribution in [0.3, 0.4) is 0 Å². The molecule has 0 unspecified atom stereocenters. The van der Waals surface area contributed by atoms with E-state index in [1.54, 1.807) is 0 Å². The molecule has 0 radical (unpaired) electrons. The number of rotatable bonds is 1. The van der Waals surface area contributed by atoms with Crippen LogP contribution in [0.15, 0.2) is 103 Å². The summed E-state index contributed by atoms with van der Waals surface area (Å²) in [4.78, 5) is 0. The second-order valence-electron chi connectivity index (χ2n) is 10.3. The van der Waals surface area contributed by atoms with Crippen LogP contribution >= 0.6 is 0 Å². The van der Waals surface area contributed by atoms with Gasteiger partial charge in [-0.25, -0.2) is 0 Å². The van der Waals surface area contributed by atoms with Crippen LogP contribution in [0.5, 0.6) is 0 Å². The molecule has 0 aliphatic heterocycles. The summed E-state index contributed by atoms with van der Waals surface area (Å²) in [6.45, 7) is 6.88. The van der Waals surface area contributed by atoms with E-state index in [9.17, 15) is 0 Å². The number of hydrogen-bond donors (Lipinski definition) is 0. The highest BCUT2D eigenvalue weighted by Gasteiger charge is 2.35. The van der Waals surface area contributed by atoms with E-state index < -0.39 is 0 Å². The van der Waals surface area contributed by atoms with Crippen LogP contribution in [0.2, 0.25) is 0 Å². The standard InChI is InChI=1S/C34H26/c1-21-12-16-32-30(18-21)31-20-23(14-17-33(31)34(32,2)3)22-13-15-28-26-10-5-4-8-24(26)25-9-6-7-11-27(25)29(28)19-22/h4-20H,1-3H3. The molecule has 1 aliphatic carbocycles. The summed E-state index contributed by atoms with van der Waals surface area (Å²) < 4.78 is 0. The molecule has 0 amide bonds. The predicted octanol–water partition coefficient (Wildman–Crippen LogP) is 9.43. The molecule has 0 heterocycles. The van der Waals surface area contributed by atoms with Gasteiger partial charge < -0.3 is 0 Å². The first-order valence-corrected chi connectivity index (χ1v) is 12.1. The van der Waals surface area contributed by atoms with E-state index in [0.717, 1.165) is 0 Å². The van der Waals surface area contributed by atoms with Crippen molar-refractivity contribution >= 4 is 32.3 Å². The Labute approximate surface area is 200 Å². The summed E-state index contributed by atoms with van der Waals surface area (Å²) in [5.41, 5.74) is 9.53. The molecule has 6 aromatic carbocycles. The quantitative estimate of drug-likeness (QED) is 0.226. The molecule has 0 saturated heterocycles. The normalized spacial score (nSPS) is 14.0. The van der Waals surface area contributed by atoms with Crippen LogP contribution in [0.1, 0.15) is 30.5 Å². The van der Waals surface area contributed by atoms with Crippen LogP contribution < -0.4 is 0 Å². The highest BCUT2D eigenvalue weighted by Crippen LogP contribution is 2.50. The molecule has 0 atom stereocenters. The Morgan fingerprint density at radius 2 is 0.912 bits per heavy atom. The van der Waals surface area contributed by atoms with Crippen LogP contribution in [-0.2, 0) is 5.41 Å². The third-order valence-corrected chi connectivity index (χ3v) is 7.91. The second kappa shape index (κ2) is 6.81. The number of benzene rings is 6. The van der Waals surface area contributed by atoms with Gasteiger partial charge in [0.25, 0.3) is 0 Å². The van der Waals surface area contributed by atoms with E-state index in [-0.39, 0.29) is 5.41 Å². The third kappa shape index (κ3) is 2.60. The SMILES string of the molecule is Cc1ccc2c(c1)-c1cc(-c3ccc4c5ccccc5c5ccccc5c4c3)ccc1C2(C)C. The Kier molecular flexibility index (Phi) is 3.92. The molecule has 0 N–H and O–H groups in total. The average Bonchev–Trinajstić information content (AvgIpc) is 3.09. The minimum atomic E-state index is 0.0371. The van der Waals surface area contributed by atoms with Crippen molar-refractivity contribution < 1.29 is 0 Å². The first-order valence-electron chi connectivity index (χ1n) is 12.1. The maximum absolute atomic E-state index is 2.41. The van der Waals surface area contributed by atoms with Gasteiger partial charge in [-0.15, -0.1) is 0 Å². The van der Waals surface area contributed by atoms with Crippen molar-refractivity contribution in [2.45, 2.75) is 26.2 Å². The van der Waals surface area contributed by atoms with E-state index >= 15 is 0 Å². The Bertz CT molecular complexity index is 1750. The monoisotopic (exact) mass is 434 g/mol. The molecule has 0 fully saturated rings. The second-order valence-corrected chi connectivity index (χ2v) is 10.3. The van der Waals surface area contributed by atoms with Gasteiger partial charge in [0.15, 0.2) is 0 Å². The predicted molar refractivity (Wildman–Crippen MR) is 147 cm³/mol. The molecule has 0 saturated carbocycles. The topological polar surface area (TPSA) is 0 Å². The Hall–Kier alpha value is -3.90. The van der Waals surface area contributed by atoms with Crippen LogP contribution in [0, 0.1) is 6.92 Å². The van der Waals surface area contributed by atoms with Gasteiger partial charge >= 0.3 is 0 Å². The number of fused-ring (bicyclic) bond motifs is 9. The molecule has 1 aliphatic rings. The lowest BCUT2D eigenvalue weighted by atomic mass is 9.82. The highest BCUT2D eigenvalue weighted by atomic mass is 14.4. The minimum absolute atomic E-state index is 0.0371. The molecule has 7 rings (SSSR count). The van der Waals surface area contributed by atoms with Gasteiger partial charge in [-0.05, 0) is 84.8 Å². The summed E-state index contributed by atoms with van der Waals surface area (Å²) in [7, 11) is 0. The lowest BCUT2D eigenvalue weighted by Gasteiger charge is -2.21. The van der Waals surface area contributed by atoms with Crippen molar-refractivity contribution in [3.8, 4) is 22.3 Å². The van der Waals surface area contributed by atoms with Crippen LogP contribution in [0.25, 0.3) is 54.6 Å². The molecule has 0 heteroatoms. The van der Waals surface area contributed by atoms with Gasteiger partial charge in [-0.3, -0.25) is 0 Å². The van der Waals surface area contributed by atoms with Gasteiger partial charge in [-0.1, -0.05) is 110 Å². The van der Waals surface area contributed by atoms with Crippen molar-refractivity contribution in [3.63, 3.8) is 0 Å². The highest BCUT2D eigenvalue weighted by molar-refractivity contribution is 6.25. The van der Waals surface area contributed by atoms with Gasteiger partial charge in [0, 0.05) is 5.41 Å². The van der Waals surface area contributed by atoms with Crippen LogP contribution in [0.4, 0.5) is 0 Å². The van der Waals surface area contributed by atoms with E-state index in [2.05, 4.69) is 124 Å². The molecular weight excluding hydrogens is 408 g/mol. The van der Waals surface area contributed by atoms with Crippen molar-refractivity contribution in [3.05, 3.63) is 120 Å². The van der Waals surface area contributed by atoms with E-state index in [1.807, 2.05) is 0 Å². The molecule has 0 spiro atoms. The zero-order valence-corrected chi connectivity index (χ0v) is 19.8. The van der Waals surface area contributed by atoms with Crippen molar-refractivity contribution in [2.24, 2.45) is 0 Å². The van der Waals surface area contributed by atoms with E-state index in [4.69, 9.17) is 0 Å². The van der Waals surface area contributed by atoms with Gasteiger partial charge in [0.05, 0.1) is 0 Å². The Morgan fingerprint density at radius 3 is 1.56 bits per heavy atom. The average molecular weight is 435 g/mol. The van der Waals surface area contributed by atoms with Gasteiger partial charge in [-0.2, -0.15) is 0 Å². The van der Waals surface area contributed by atoms with Crippen molar-refractivity contribution in [2.75, 3.05) is 0 Å². The lowest BCUT2D eigenvalue weighted by Crippen LogP contribution is -2.14. The summed E-state index contributed by atoms with van der Waals surface area (Å²) in [5.74, 6) is 0. The zero-order chi connectivity index (χ0) is 23.0. The third-order valence-electron chi connectivity index (χ3n) is 7.91. The fourth-order valence-corrected chi connectivity index (χ4v) is 6.15. The molecule has 0 aromatic heterocycles. The molecular formula is C34H26. The fraction of sp³-hybridized carbons (Fsp3) is 0.118. The van der Waals surface area contributed by atoms with Crippen molar-refractivity contribution in [1.29, 1.82) is 0 Å². The Morgan fingerprint density at radius 1 is 0.441 bits per heavy atom. The first-order chi connectivity index (χ1) is 16.5. The maximum atomic E-state index is 2.41. The van der Waals surface area contributed by atoms with Gasteiger partial charge in [0.2, 0.25) is 0 Å². The number of hydrogen-bond acceptors (Lipinski definition) is 0. The summed E-state index contributed by atoms with van der Waals surface area (Å²) >= 11 is 0. The zero-order valence-electron chi connectivity index (χ0n) is 19.8. The smallest absolute Gasteiger partial charge is 0.0158 e. The number of aryl methyl sites for hydroxylation is 1. The summed E-state index contributed by atoms with van der Waals surface area (Å²) in [6, 6.07) is 38.6.